The first kappa shape index (κ1) is 36.1. The summed E-state index contributed by atoms with van der Waals surface area (Å²) in [5, 5.41) is 39.6. The molecule has 220 valence electrons. The summed E-state index contributed by atoms with van der Waals surface area (Å²) in [6.07, 6.45) is 19.9. The van der Waals surface area contributed by atoms with E-state index in [1.807, 2.05) is 18.2 Å². The number of carboxylic acid groups (broad SMARTS) is 3. The minimum absolute atomic E-state index is 0.0642. The van der Waals surface area contributed by atoms with Gasteiger partial charge in [0.05, 0.1) is 6.10 Å². The van der Waals surface area contributed by atoms with Crippen LogP contribution < -0.4 is 11.1 Å². The van der Waals surface area contributed by atoms with Gasteiger partial charge in [0.2, 0.25) is 5.91 Å². The van der Waals surface area contributed by atoms with Crippen molar-refractivity contribution in [3.8, 4) is 0 Å². The van der Waals surface area contributed by atoms with Crippen LogP contribution in [0.1, 0.15) is 71.1 Å². The zero-order valence-electron chi connectivity index (χ0n) is 22.6. The van der Waals surface area contributed by atoms with Crippen molar-refractivity contribution in [2.45, 2.75) is 94.6 Å². The lowest BCUT2D eigenvalue weighted by molar-refractivity contribution is -0.141. The molecule has 0 fully saturated rings. The first-order valence-electron chi connectivity index (χ1n) is 13.2. The molecule has 39 heavy (non-hydrogen) atoms. The Kier molecular flexibility index (Phi) is 21.3. The van der Waals surface area contributed by atoms with Gasteiger partial charge in [-0.05, 0) is 38.5 Å². The van der Waals surface area contributed by atoms with E-state index in [0.717, 1.165) is 24.6 Å². The highest BCUT2D eigenvalue weighted by molar-refractivity contribution is 8.00. The molecular weight excluding hydrogens is 524 g/mol. The van der Waals surface area contributed by atoms with Crippen molar-refractivity contribution >= 4 is 35.6 Å². The number of hydrogen-bond donors (Lipinski definition) is 6. The van der Waals surface area contributed by atoms with Crippen LogP contribution >= 0.6 is 11.8 Å². The van der Waals surface area contributed by atoms with E-state index in [0.29, 0.717) is 0 Å². The molecule has 1 amide bonds. The van der Waals surface area contributed by atoms with Crippen molar-refractivity contribution in [1.29, 1.82) is 0 Å². The number of thioether (sulfide) groups is 1. The van der Waals surface area contributed by atoms with Gasteiger partial charge in [0.15, 0.2) is 0 Å². The summed E-state index contributed by atoms with van der Waals surface area (Å²) < 4.78 is 0. The summed E-state index contributed by atoms with van der Waals surface area (Å²) in [5.41, 5.74) is 5.38. The van der Waals surface area contributed by atoms with Gasteiger partial charge in [0, 0.05) is 23.8 Å². The van der Waals surface area contributed by atoms with Gasteiger partial charge in [-0.1, -0.05) is 68.4 Å². The number of aliphatic carboxylic acids is 3. The molecule has 0 aromatic rings. The average Bonchev–Trinajstić information content (AvgIpc) is 2.88. The summed E-state index contributed by atoms with van der Waals surface area (Å²) in [7, 11) is 0. The predicted molar refractivity (Wildman–Crippen MR) is 153 cm³/mol. The fraction of sp³-hybridized carbons (Fsp3) is 0.571. The Morgan fingerprint density at radius 3 is 2.23 bits per heavy atom. The van der Waals surface area contributed by atoms with E-state index in [4.69, 9.17) is 15.9 Å². The van der Waals surface area contributed by atoms with Crippen molar-refractivity contribution in [3.05, 3.63) is 48.6 Å². The Labute approximate surface area is 235 Å². The maximum absolute atomic E-state index is 12.1. The minimum Gasteiger partial charge on any atom is -0.481 e. The second-order valence-electron chi connectivity index (χ2n) is 8.99. The first-order chi connectivity index (χ1) is 18.6. The number of carboxylic acids is 3. The lowest BCUT2D eigenvalue weighted by atomic mass is 10.1. The van der Waals surface area contributed by atoms with Crippen molar-refractivity contribution in [2.24, 2.45) is 5.73 Å². The van der Waals surface area contributed by atoms with E-state index in [2.05, 4.69) is 24.4 Å². The van der Waals surface area contributed by atoms with Crippen LogP contribution in [0.15, 0.2) is 48.6 Å². The van der Waals surface area contributed by atoms with Gasteiger partial charge in [0.25, 0.3) is 0 Å². The highest BCUT2D eigenvalue weighted by atomic mass is 32.2. The smallest absolute Gasteiger partial charge is 0.327 e. The molecule has 0 saturated heterocycles. The molecule has 0 aromatic carbocycles. The molecule has 4 atom stereocenters. The van der Waals surface area contributed by atoms with Crippen LogP contribution in [-0.4, -0.2) is 73.4 Å². The largest absolute Gasteiger partial charge is 0.481 e. The van der Waals surface area contributed by atoms with E-state index >= 15 is 0 Å². The molecule has 0 aliphatic rings. The van der Waals surface area contributed by atoms with E-state index in [1.54, 1.807) is 18.2 Å². The molecule has 0 rings (SSSR count). The van der Waals surface area contributed by atoms with Crippen LogP contribution in [0.25, 0.3) is 0 Å². The number of aliphatic hydroxyl groups excluding tert-OH is 1. The van der Waals surface area contributed by atoms with E-state index < -0.39 is 47.3 Å². The third-order valence-corrected chi connectivity index (χ3v) is 6.92. The van der Waals surface area contributed by atoms with E-state index in [1.165, 1.54) is 19.3 Å². The zero-order chi connectivity index (χ0) is 29.5. The van der Waals surface area contributed by atoms with Crippen molar-refractivity contribution in [2.75, 3.05) is 5.75 Å². The molecule has 10 nitrogen and oxygen atoms in total. The van der Waals surface area contributed by atoms with Crippen LogP contribution in [0, 0.1) is 0 Å². The fourth-order valence-corrected chi connectivity index (χ4v) is 4.44. The SMILES string of the molecule is CCCCC/C=C\C\C=C/C=C/C=C/[C@@H](SC[C@@H](NC(=O)CC[C@H](N)C(=O)O)C(=O)O)[C@@H](O)CCCC(=O)O. The Morgan fingerprint density at radius 2 is 1.59 bits per heavy atom. The van der Waals surface area contributed by atoms with Gasteiger partial charge in [0.1, 0.15) is 12.1 Å². The summed E-state index contributed by atoms with van der Waals surface area (Å²) in [5.74, 6) is -4.20. The highest BCUT2D eigenvalue weighted by Crippen LogP contribution is 2.21. The van der Waals surface area contributed by atoms with Crippen molar-refractivity contribution < 1.29 is 39.6 Å². The van der Waals surface area contributed by atoms with Crippen LogP contribution in [0.3, 0.4) is 0 Å². The highest BCUT2D eigenvalue weighted by Gasteiger charge is 2.25. The number of amides is 1. The summed E-state index contributed by atoms with van der Waals surface area (Å²) in [6.45, 7) is 2.17. The molecule has 0 aliphatic heterocycles. The van der Waals surface area contributed by atoms with E-state index in [-0.39, 0.29) is 37.9 Å². The van der Waals surface area contributed by atoms with Gasteiger partial charge < -0.3 is 31.5 Å². The number of nitrogens with two attached hydrogens (primary N) is 1. The van der Waals surface area contributed by atoms with Gasteiger partial charge in [-0.2, -0.15) is 0 Å². The Morgan fingerprint density at radius 1 is 0.872 bits per heavy atom. The normalized spacial score (nSPS) is 15.2. The first-order valence-corrected chi connectivity index (χ1v) is 14.3. The van der Waals surface area contributed by atoms with Crippen LogP contribution in [-0.2, 0) is 19.2 Å². The van der Waals surface area contributed by atoms with Crippen LogP contribution in [0.5, 0.6) is 0 Å². The van der Waals surface area contributed by atoms with Gasteiger partial charge in [-0.25, -0.2) is 4.79 Å². The van der Waals surface area contributed by atoms with Gasteiger partial charge in [-0.15, -0.1) is 11.8 Å². The number of unbranched alkanes of at least 4 members (excludes halogenated alkanes) is 3. The number of allylic oxidation sites excluding steroid dienone is 7. The molecular formula is C28H44N2O8S. The lowest BCUT2D eigenvalue weighted by Crippen LogP contribution is -2.44. The molecule has 0 heterocycles. The minimum atomic E-state index is -1.27. The Bertz CT molecular complexity index is 857. The number of hydrogen-bond acceptors (Lipinski definition) is 7. The fourth-order valence-electron chi connectivity index (χ4n) is 3.24. The standard InChI is InChI=1S/C28H44N2O8S/c1-2-3-4-5-6-7-8-9-10-11-12-13-16-24(23(31)15-14-17-26(33)34)39-20-22(28(37)38)30-25(32)19-18-21(29)27(35)36/h6-7,9-13,16,21-24,31H,2-5,8,14-15,17-20,29H2,1H3,(H,30,32)(H,33,34)(H,35,36)(H,37,38)/b7-6-,10-9-,12-11+,16-13+/t21-,22+,23-,24+/m0/s1. The summed E-state index contributed by atoms with van der Waals surface area (Å²) in [4.78, 5) is 45.4. The molecule has 0 radical (unpaired) electrons. The molecule has 0 aromatic heterocycles. The number of carbonyl (C=O) groups is 4. The molecule has 7 N–H and O–H groups in total. The number of aliphatic hydroxyl groups is 1. The monoisotopic (exact) mass is 568 g/mol. The quantitative estimate of drug-likeness (QED) is 0.0603. The van der Waals surface area contributed by atoms with Crippen LogP contribution in [0.4, 0.5) is 0 Å². The molecule has 0 bridgehead atoms. The lowest BCUT2D eigenvalue weighted by Gasteiger charge is -2.22. The Balaban J connectivity index is 5.01. The Hall–Kier alpha value is -2.89. The maximum Gasteiger partial charge on any atom is 0.327 e. The van der Waals surface area contributed by atoms with Crippen molar-refractivity contribution in [3.63, 3.8) is 0 Å². The third-order valence-electron chi connectivity index (χ3n) is 5.54. The maximum atomic E-state index is 12.1. The predicted octanol–water partition coefficient (Wildman–Crippen LogP) is 3.66. The molecule has 0 saturated carbocycles. The average molecular weight is 569 g/mol. The third kappa shape index (κ3) is 20.7. The molecule has 0 spiro atoms. The molecule has 0 aliphatic carbocycles. The summed E-state index contributed by atoms with van der Waals surface area (Å²) in [6, 6.07) is -2.49. The van der Waals surface area contributed by atoms with E-state index in [9.17, 15) is 29.4 Å². The topological polar surface area (TPSA) is 187 Å². The summed E-state index contributed by atoms with van der Waals surface area (Å²) >= 11 is 1.12. The van der Waals surface area contributed by atoms with Crippen molar-refractivity contribution in [1.82, 2.24) is 5.32 Å². The van der Waals surface area contributed by atoms with Gasteiger partial charge >= 0.3 is 17.9 Å². The zero-order valence-corrected chi connectivity index (χ0v) is 23.4. The second kappa shape index (κ2) is 23.0. The number of rotatable bonds is 23. The molecule has 0 unspecified atom stereocenters. The van der Waals surface area contributed by atoms with Gasteiger partial charge in [-0.3, -0.25) is 14.4 Å². The molecule has 11 heteroatoms. The number of nitrogens with one attached hydrogen (secondary N) is 1. The van der Waals surface area contributed by atoms with Crippen LogP contribution in [0.2, 0.25) is 0 Å². The second-order valence-corrected chi connectivity index (χ2v) is 10.2. The number of carbonyl (C=O) groups excluding carboxylic acids is 1.